The van der Waals surface area contributed by atoms with Gasteiger partial charge in [-0.2, -0.15) is 0 Å². The van der Waals surface area contributed by atoms with Crippen LogP contribution in [0.15, 0.2) is 0 Å². The summed E-state index contributed by atoms with van der Waals surface area (Å²) in [6.07, 6.45) is 7.33. The van der Waals surface area contributed by atoms with Crippen LogP contribution >= 0.6 is 0 Å². The molecule has 0 radical (unpaired) electrons. The molecule has 0 aromatic rings. The molecule has 1 N–H and O–H groups in total. The predicted octanol–water partition coefficient (Wildman–Crippen LogP) is 2.69. The van der Waals surface area contributed by atoms with Gasteiger partial charge in [-0.25, -0.2) is 0 Å². The number of rotatable bonds is 6. The Kier molecular flexibility index (Phi) is 3.53. The summed E-state index contributed by atoms with van der Waals surface area (Å²) in [4.78, 5) is 11.5. The zero-order chi connectivity index (χ0) is 11.6. The van der Waals surface area contributed by atoms with E-state index >= 15 is 0 Å². The second kappa shape index (κ2) is 4.74. The monoisotopic (exact) mass is 226 g/mol. The van der Waals surface area contributed by atoms with Crippen LogP contribution in [0, 0.1) is 17.3 Å². The number of methoxy groups -OCH3 is 1. The van der Waals surface area contributed by atoms with Crippen molar-refractivity contribution in [3.63, 3.8) is 0 Å². The Labute approximate surface area is 97.2 Å². The zero-order valence-electron chi connectivity index (χ0n) is 10.1. The lowest BCUT2D eigenvalue weighted by Crippen LogP contribution is -2.36. The van der Waals surface area contributed by atoms with E-state index in [1.165, 1.54) is 6.42 Å². The van der Waals surface area contributed by atoms with Gasteiger partial charge >= 0.3 is 5.97 Å². The minimum Gasteiger partial charge on any atom is -0.481 e. The first-order chi connectivity index (χ1) is 7.69. The average molecular weight is 226 g/mol. The molecule has 0 amide bonds. The second-order valence-corrected chi connectivity index (χ2v) is 5.49. The molecule has 3 unspecified atom stereocenters. The van der Waals surface area contributed by atoms with Crippen molar-refractivity contribution in [3.05, 3.63) is 0 Å². The topological polar surface area (TPSA) is 46.5 Å². The number of ether oxygens (including phenoxy) is 1. The first-order valence-electron chi connectivity index (χ1n) is 6.41. The van der Waals surface area contributed by atoms with Crippen LogP contribution in [0.3, 0.4) is 0 Å². The van der Waals surface area contributed by atoms with Gasteiger partial charge in [-0.15, -0.1) is 0 Å². The van der Waals surface area contributed by atoms with Gasteiger partial charge in [0.2, 0.25) is 0 Å². The molecule has 92 valence electrons. The first-order valence-corrected chi connectivity index (χ1v) is 6.41. The van der Waals surface area contributed by atoms with Crippen LogP contribution in [0.1, 0.15) is 44.9 Å². The fourth-order valence-corrected chi connectivity index (χ4v) is 3.81. The van der Waals surface area contributed by atoms with E-state index in [0.717, 1.165) is 45.1 Å². The maximum absolute atomic E-state index is 11.5. The summed E-state index contributed by atoms with van der Waals surface area (Å²) in [6.45, 7) is 0.754. The van der Waals surface area contributed by atoms with E-state index in [-0.39, 0.29) is 5.41 Å². The van der Waals surface area contributed by atoms with Crippen molar-refractivity contribution in [2.45, 2.75) is 44.9 Å². The zero-order valence-corrected chi connectivity index (χ0v) is 10.1. The summed E-state index contributed by atoms with van der Waals surface area (Å²) in [6, 6.07) is 0. The predicted molar refractivity (Wildman–Crippen MR) is 61.2 cm³/mol. The molecule has 2 saturated carbocycles. The fraction of sp³-hybridized carbons (Fsp3) is 0.923. The number of carbonyl (C=O) groups is 1. The minimum absolute atomic E-state index is 0.378. The lowest BCUT2D eigenvalue weighted by molar-refractivity contribution is -0.153. The number of carboxylic acids is 1. The van der Waals surface area contributed by atoms with E-state index in [2.05, 4.69) is 0 Å². The van der Waals surface area contributed by atoms with E-state index in [4.69, 9.17) is 4.74 Å². The summed E-state index contributed by atoms with van der Waals surface area (Å²) in [7, 11) is 1.70. The molecule has 0 heterocycles. The van der Waals surface area contributed by atoms with Crippen molar-refractivity contribution >= 4 is 5.97 Å². The van der Waals surface area contributed by atoms with Gasteiger partial charge in [-0.05, 0) is 43.9 Å². The lowest BCUT2D eigenvalue weighted by Gasteiger charge is -2.33. The smallest absolute Gasteiger partial charge is 0.309 e. The number of aliphatic carboxylic acids is 1. The normalized spacial score (nSPS) is 36.8. The molecule has 3 nitrogen and oxygen atoms in total. The van der Waals surface area contributed by atoms with Gasteiger partial charge in [-0.3, -0.25) is 4.79 Å². The minimum atomic E-state index is -0.544. The number of fused-ring (bicyclic) bond motifs is 2. The SMILES string of the molecule is COCCCCC1(C(=O)O)CC2CCC1C2. The molecule has 16 heavy (non-hydrogen) atoms. The third kappa shape index (κ3) is 1.97. The van der Waals surface area contributed by atoms with Crippen LogP contribution in [0.2, 0.25) is 0 Å². The highest BCUT2D eigenvalue weighted by atomic mass is 16.5. The molecule has 2 aliphatic rings. The van der Waals surface area contributed by atoms with Crippen molar-refractivity contribution in [1.82, 2.24) is 0 Å². The molecule has 3 heteroatoms. The van der Waals surface area contributed by atoms with Crippen molar-refractivity contribution in [1.29, 1.82) is 0 Å². The highest BCUT2D eigenvalue weighted by Crippen LogP contribution is 2.58. The highest BCUT2D eigenvalue weighted by Gasteiger charge is 2.55. The van der Waals surface area contributed by atoms with Crippen molar-refractivity contribution in [3.8, 4) is 0 Å². The quantitative estimate of drug-likeness (QED) is 0.708. The molecular weight excluding hydrogens is 204 g/mol. The largest absolute Gasteiger partial charge is 0.481 e. The van der Waals surface area contributed by atoms with Crippen molar-refractivity contribution < 1.29 is 14.6 Å². The van der Waals surface area contributed by atoms with Crippen LogP contribution in [0.5, 0.6) is 0 Å². The average Bonchev–Trinajstić information content (AvgIpc) is 2.84. The van der Waals surface area contributed by atoms with Gasteiger partial charge in [0, 0.05) is 13.7 Å². The van der Waals surface area contributed by atoms with E-state index < -0.39 is 5.97 Å². The molecule has 0 aromatic carbocycles. The lowest BCUT2D eigenvalue weighted by atomic mass is 9.70. The van der Waals surface area contributed by atoms with Crippen molar-refractivity contribution in [2.24, 2.45) is 17.3 Å². The van der Waals surface area contributed by atoms with E-state index in [1.54, 1.807) is 7.11 Å². The van der Waals surface area contributed by atoms with Gasteiger partial charge < -0.3 is 9.84 Å². The number of carboxylic acid groups (broad SMARTS) is 1. The summed E-state index contributed by atoms with van der Waals surface area (Å²) >= 11 is 0. The van der Waals surface area contributed by atoms with E-state index in [0.29, 0.717) is 11.8 Å². The van der Waals surface area contributed by atoms with Crippen LogP contribution in [0.4, 0.5) is 0 Å². The standard InChI is InChI=1S/C13H22O3/c1-16-7-3-2-6-13(12(14)15)9-10-4-5-11(13)8-10/h10-11H,2-9H2,1H3,(H,14,15). The number of hydrogen-bond acceptors (Lipinski definition) is 2. The first kappa shape index (κ1) is 11.9. The Balaban J connectivity index is 1.93. The van der Waals surface area contributed by atoms with Crippen LogP contribution in [-0.2, 0) is 9.53 Å². The molecular formula is C13H22O3. The van der Waals surface area contributed by atoms with E-state index in [9.17, 15) is 9.90 Å². The van der Waals surface area contributed by atoms with Gasteiger partial charge in [0.1, 0.15) is 0 Å². The fourth-order valence-electron chi connectivity index (χ4n) is 3.81. The Bertz CT molecular complexity index is 264. The third-order valence-electron chi connectivity index (χ3n) is 4.62. The molecule has 2 bridgehead atoms. The van der Waals surface area contributed by atoms with Crippen LogP contribution < -0.4 is 0 Å². The Morgan fingerprint density at radius 3 is 2.75 bits per heavy atom. The molecule has 2 rings (SSSR count). The molecule has 0 saturated heterocycles. The number of hydrogen-bond donors (Lipinski definition) is 1. The number of unbranched alkanes of at least 4 members (excludes halogenated alkanes) is 1. The molecule has 0 spiro atoms. The van der Waals surface area contributed by atoms with Crippen LogP contribution in [0.25, 0.3) is 0 Å². The molecule has 2 aliphatic carbocycles. The van der Waals surface area contributed by atoms with Gasteiger partial charge in [-0.1, -0.05) is 12.8 Å². The highest BCUT2D eigenvalue weighted by molar-refractivity contribution is 5.75. The summed E-state index contributed by atoms with van der Waals surface area (Å²) in [5.41, 5.74) is -0.378. The van der Waals surface area contributed by atoms with Gasteiger partial charge in [0.15, 0.2) is 0 Å². The molecule has 0 aliphatic heterocycles. The molecule has 0 aromatic heterocycles. The van der Waals surface area contributed by atoms with Gasteiger partial charge in [0.25, 0.3) is 0 Å². The summed E-state index contributed by atoms with van der Waals surface area (Å²) in [5.74, 6) is 0.609. The maximum atomic E-state index is 11.5. The van der Waals surface area contributed by atoms with Gasteiger partial charge in [0.05, 0.1) is 5.41 Å². The molecule has 2 fully saturated rings. The van der Waals surface area contributed by atoms with Crippen molar-refractivity contribution in [2.75, 3.05) is 13.7 Å². The Morgan fingerprint density at radius 1 is 1.44 bits per heavy atom. The third-order valence-corrected chi connectivity index (χ3v) is 4.62. The van der Waals surface area contributed by atoms with Crippen LogP contribution in [-0.4, -0.2) is 24.8 Å². The second-order valence-electron chi connectivity index (χ2n) is 5.49. The maximum Gasteiger partial charge on any atom is 0.309 e. The Hall–Kier alpha value is -0.570. The summed E-state index contributed by atoms with van der Waals surface area (Å²) in [5, 5.41) is 9.51. The molecule has 3 atom stereocenters. The summed E-state index contributed by atoms with van der Waals surface area (Å²) < 4.78 is 5.01. The Morgan fingerprint density at radius 2 is 2.25 bits per heavy atom. The van der Waals surface area contributed by atoms with E-state index in [1.807, 2.05) is 0 Å².